The SMILES string of the molecule is Cc1cc(C)cc(CCC2(Cn3ccnc3)OC(C)C(C)O2)c1. The van der Waals surface area contributed by atoms with Crippen LogP contribution in [0.4, 0.5) is 0 Å². The predicted octanol–water partition coefficient (Wildman–Crippen LogP) is 3.65. The van der Waals surface area contributed by atoms with Crippen molar-refractivity contribution in [2.45, 2.75) is 65.1 Å². The minimum atomic E-state index is -0.572. The smallest absolute Gasteiger partial charge is 0.187 e. The van der Waals surface area contributed by atoms with Gasteiger partial charge in [0, 0.05) is 18.8 Å². The molecule has 23 heavy (non-hydrogen) atoms. The Bertz CT molecular complexity index is 621. The van der Waals surface area contributed by atoms with Crippen molar-refractivity contribution in [1.29, 1.82) is 0 Å². The molecule has 2 heterocycles. The molecule has 0 aliphatic carbocycles. The summed E-state index contributed by atoms with van der Waals surface area (Å²) in [5, 5.41) is 0. The highest BCUT2D eigenvalue weighted by atomic mass is 16.8. The van der Waals surface area contributed by atoms with Crippen LogP contribution in [0.3, 0.4) is 0 Å². The van der Waals surface area contributed by atoms with E-state index in [1.54, 1.807) is 6.20 Å². The Hall–Kier alpha value is -1.65. The molecule has 2 aromatic rings. The first-order chi connectivity index (χ1) is 11.0. The summed E-state index contributed by atoms with van der Waals surface area (Å²) >= 11 is 0. The average molecular weight is 314 g/mol. The van der Waals surface area contributed by atoms with E-state index in [0.29, 0.717) is 6.54 Å². The lowest BCUT2D eigenvalue weighted by atomic mass is 10.0. The van der Waals surface area contributed by atoms with Crippen LogP contribution in [0, 0.1) is 13.8 Å². The van der Waals surface area contributed by atoms with Crippen LogP contribution in [0.1, 0.15) is 37.0 Å². The average Bonchev–Trinajstić information content (AvgIpc) is 3.05. The number of imidazole rings is 1. The van der Waals surface area contributed by atoms with E-state index in [4.69, 9.17) is 9.47 Å². The minimum absolute atomic E-state index is 0.109. The third-order valence-corrected chi connectivity index (χ3v) is 4.52. The van der Waals surface area contributed by atoms with Crippen molar-refractivity contribution in [1.82, 2.24) is 9.55 Å². The summed E-state index contributed by atoms with van der Waals surface area (Å²) in [6.07, 6.45) is 7.56. The van der Waals surface area contributed by atoms with Crippen molar-refractivity contribution in [2.75, 3.05) is 0 Å². The van der Waals surface area contributed by atoms with Gasteiger partial charge >= 0.3 is 0 Å². The van der Waals surface area contributed by atoms with Crippen LogP contribution in [0.2, 0.25) is 0 Å². The Labute approximate surface area is 138 Å². The molecule has 4 heteroatoms. The van der Waals surface area contributed by atoms with Gasteiger partial charge in [0.2, 0.25) is 0 Å². The molecule has 124 valence electrons. The van der Waals surface area contributed by atoms with Crippen LogP contribution in [0.5, 0.6) is 0 Å². The molecular weight excluding hydrogens is 288 g/mol. The topological polar surface area (TPSA) is 36.3 Å². The molecule has 3 rings (SSSR count). The normalized spacial score (nSPS) is 27.5. The molecule has 0 saturated carbocycles. The monoisotopic (exact) mass is 314 g/mol. The van der Waals surface area contributed by atoms with E-state index >= 15 is 0 Å². The number of benzene rings is 1. The van der Waals surface area contributed by atoms with E-state index in [1.807, 2.05) is 17.1 Å². The van der Waals surface area contributed by atoms with Crippen molar-refractivity contribution >= 4 is 0 Å². The molecule has 1 fully saturated rings. The Morgan fingerprint density at radius 3 is 2.30 bits per heavy atom. The molecule has 0 bridgehead atoms. The third-order valence-electron chi connectivity index (χ3n) is 4.52. The summed E-state index contributed by atoms with van der Waals surface area (Å²) in [5.41, 5.74) is 3.95. The Balaban J connectivity index is 1.76. The number of ether oxygens (including phenoxy) is 2. The summed E-state index contributed by atoms with van der Waals surface area (Å²) in [7, 11) is 0. The van der Waals surface area contributed by atoms with Crippen molar-refractivity contribution in [3.8, 4) is 0 Å². The minimum Gasteiger partial charge on any atom is -0.342 e. The van der Waals surface area contributed by atoms with Gasteiger partial charge in [0.15, 0.2) is 5.79 Å². The summed E-state index contributed by atoms with van der Waals surface area (Å²) < 4.78 is 14.5. The highest BCUT2D eigenvalue weighted by molar-refractivity contribution is 5.28. The van der Waals surface area contributed by atoms with Gasteiger partial charge in [-0.2, -0.15) is 0 Å². The summed E-state index contributed by atoms with van der Waals surface area (Å²) in [4.78, 5) is 4.13. The van der Waals surface area contributed by atoms with Crippen molar-refractivity contribution < 1.29 is 9.47 Å². The van der Waals surface area contributed by atoms with Gasteiger partial charge in [-0.3, -0.25) is 0 Å². The molecule has 1 aliphatic heterocycles. The maximum Gasteiger partial charge on any atom is 0.187 e. The molecule has 2 atom stereocenters. The predicted molar refractivity (Wildman–Crippen MR) is 90.3 cm³/mol. The fourth-order valence-corrected chi connectivity index (χ4v) is 3.37. The van der Waals surface area contributed by atoms with Gasteiger partial charge in [-0.05, 0) is 39.7 Å². The molecule has 2 unspecified atom stereocenters. The van der Waals surface area contributed by atoms with Crippen LogP contribution in [-0.2, 0) is 22.4 Å². The van der Waals surface area contributed by atoms with Crippen LogP contribution in [0.25, 0.3) is 0 Å². The zero-order valence-corrected chi connectivity index (χ0v) is 14.5. The number of aromatic nitrogens is 2. The van der Waals surface area contributed by atoms with Crippen molar-refractivity contribution in [2.24, 2.45) is 0 Å². The summed E-state index contributed by atoms with van der Waals surface area (Å²) in [6, 6.07) is 6.71. The van der Waals surface area contributed by atoms with Gasteiger partial charge < -0.3 is 14.0 Å². The van der Waals surface area contributed by atoms with E-state index in [1.165, 1.54) is 16.7 Å². The fraction of sp³-hybridized carbons (Fsp3) is 0.526. The molecule has 1 saturated heterocycles. The second kappa shape index (κ2) is 6.46. The second-order valence-electron chi connectivity index (χ2n) is 6.79. The summed E-state index contributed by atoms with van der Waals surface area (Å²) in [5.74, 6) is -0.572. The lowest BCUT2D eigenvalue weighted by Gasteiger charge is -2.28. The Morgan fingerprint density at radius 1 is 1.09 bits per heavy atom. The summed E-state index contributed by atoms with van der Waals surface area (Å²) in [6.45, 7) is 9.12. The Morgan fingerprint density at radius 2 is 1.74 bits per heavy atom. The maximum atomic E-state index is 6.25. The lowest BCUT2D eigenvalue weighted by Crippen LogP contribution is -2.36. The number of hydrogen-bond donors (Lipinski definition) is 0. The van der Waals surface area contributed by atoms with Gasteiger partial charge in [-0.15, -0.1) is 0 Å². The molecule has 0 spiro atoms. The molecule has 0 N–H and O–H groups in total. The number of aryl methyl sites for hydroxylation is 3. The first kappa shape index (κ1) is 16.2. The first-order valence-electron chi connectivity index (χ1n) is 8.34. The van der Waals surface area contributed by atoms with Crippen molar-refractivity contribution in [3.63, 3.8) is 0 Å². The fourth-order valence-electron chi connectivity index (χ4n) is 3.37. The van der Waals surface area contributed by atoms with E-state index in [9.17, 15) is 0 Å². The highest BCUT2D eigenvalue weighted by Gasteiger charge is 2.43. The van der Waals surface area contributed by atoms with Gasteiger partial charge in [0.05, 0.1) is 25.1 Å². The lowest BCUT2D eigenvalue weighted by molar-refractivity contribution is -0.186. The van der Waals surface area contributed by atoms with Gasteiger partial charge in [-0.25, -0.2) is 4.98 Å². The van der Waals surface area contributed by atoms with E-state index in [-0.39, 0.29) is 12.2 Å². The van der Waals surface area contributed by atoms with Crippen LogP contribution < -0.4 is 0 Å². The second-order valence-corrected chi connectivity index (χ2v) is 6.79. The van der Waals surface area contributed by atoms with Crippen LogP contribution >= 0.6 is 0 Å². The largest absolute Gasteiger partial charge is 0.342 e. The number of rotatable bonds is 5. The zero-order valence-electron chi connectivity index (χ0n) is 14.5. The van der Waals surface area contributed by atoms with Crippen molar-refractivity contribution in [3.05, 3.63) is 53.6 Å². The van der Waals surface area contributed by atoms with E-state index < -0.39 is 5.79 Å². The molecule has 0 radical (unpaired) electrons. The van der Waals surface area contributed by atoms with E-state index in [0.717, 1.165) is 12.8 Å². The highest BCUT2D eigenvalue weighted by Crippen LogP contribution is 2.34. The standard InChI is InChI=1S/C19H26N2O2/c1-14-9-15(2)11-18(10-14)5-6-19(12-21-8-7-20-13-21)22-16(3)17(4)23-19/h7-11,13,16-17H,5-6,12H2,1-4H3. The van der Waals surface area contributed by atoms with Crippen LogP contribution in [0.15, 0.2) is 36.9 Å². The maximum absolute atomic E-state index is 6.25. The Kier molecular flexibility index (Phi) is 4.55. The van der Waals surface area contributed by atoms with Crippen LogP contribution in [-0.4, -0.2) is 27.5 Å². The molecule has 1 aliphatic rings. The molecule has 0 amide bonds. The number of nitrogens with zero attached hydrogens (tertiary/aromatic N) is 2. The van der Waals surface area contributed by atoms with E-state index in [2.05, 4.69) is 50.9 Å². The molecule has 4 nitrogen and oxygen atoms in total. The molecule has 1 aromatic carbocycles. The first-order valence-corrected chi connectivity index (χ1v) is 8.34. The number of hydrogen-bond acceptors (Lipinski definition) is 3. The van der Waals surface area contributed by atoms with Gasteiger partial charge in [0.25, 0.3) is 0 Å². The quantitative estimate of drug-likeness (QED) is 0.845. The molecule has 1 aromatic heterocycles. The van der Waals surface area contributed by atoms with Gasteiger partial charge in [-0.1, -0.05) is 29.3 Å². The third kappa shape index (κ3) is 3.82. The van der Waals surface area contributed by atoms with Gasteiger partial charge in [0.1, 0.15) is 0 Å². The molecular formula is C19H26N2O2. The zero-order chi connectivity index (χ0) is 16.4.